The third-order valence-electron chi connectivity index (χ3n) is 4.00. The van der Waals surface area contributed by atoms with Crippen LogP contribution >= 0.6 is 0 Å². The lowest BCUT2D eigenvalue weighted by molar-refractivity contribution is 0.414. The molecule has 0 bridgehead atoms. The minimum atomic E-state index is 0.383. The van der Waals surface area contributed by atoms with E-state index in [2.05, 4.69) is 64.6 Å². The predicted octanol–water partition coefficient (Wildman–Crippen LogP) is 2.93. The molecule has 104 valence electrons. The van der Waals surface area contributed by atoms with Crippen LogP contribution in [0.1, 0.15) is 24.2 Å². The van der Waals surface area contributed by atoms with Crippen LogP contribution in [-0.2, 0) is 0 Å². The van der Waals surface area contributed by atoms with E-state index in [1.165, 1.54) is 11.3 Å². The Bertz CT molecular complexity index is 550. The number of aromatic nitrogens is 1. The van der Waals surface area contributed by atoms with Crippen molar-refractivity contribution in [1.82, 2.24) is 10.3 Å². The highest BCUT2D eigenvalue weighted by Crippen LogP contribution is 2.24. The first kappa shape index (κ1) is 13.1. The van der Waals surface area contributed by atoms with Crippen molar-refractivity contribution in [2.75, 3.05) is 18.0 Å². The molecule has 1 N–H and O–H groups in total. The summed E-state index contributed by atoms with van der Waals surface area (Å²) in [5.74, 6) is 0. The smallest absolute Gasteiger partial charge is 0.0556 e. The molecule has 0 amide bonds. The van der Waals surface area contributed by atoms with Gasteiger partial charge < -0.3 is 10.2 Å². The van der Waals surface area contributed by atoms with Gasteiger partial charge in [-0.15, -0.1) is 0 Å². The number of hydrogen-bond acceptors (Lipinski definition) is 3. The first-order chi connectivity index (χ1) is 9.74. The van der Waals surface area contributed by atoms with Crippen LogP contribution in [0.5, 0.6) is 0 Å². The fraction of sp³-hybridized carbons (Fsp3) is 0.353. The normalized spacial score (nSPS) is 22.8. The third kappa shape index (κ3) is 2.68. The van der Waals surface area contributed by atoms with Gasteiger partial charge >= 0.3 is 0 Å². The predicted molar refractivity (Wildman–Crippen MR) is 83.0 cm³/mol. The molecule has 0 aliphatic carbocycles. The summed E-state index contributed by atoms with van der Waals surface area (Å²) in [6.45, 7) is 6.26. The number of anilines is 1. The zero-order valence-corrected chi connectivity index (χ0v) is 12.1. The van der Waals surface area contributed by atoms with Gasteiger partial charge in [-0.3, -0.25) is 4.98 Å². The number of aryl methyl sites for hydroxylation is 1. The Morgan fingerprint density at radius 2 is 1.95 bits per heavy atom. The molecule has 2 atom stereocenters. The minimum absolute atomic E-state index is 0.383. The van der Waals surface area contributed by atoms with Crippen LogP contribution in [0.4, 0.5) is 5.69 Å². The van der Waals surface area contributed by atoms with Crippen molar-refractivity contribution in [3.8, 4) is 0 Å². The van der Waals surface area contributed by atoms with Gasteiger partial charge in [0, 0.05) is 30.9 Å². The number of nitrogens with zero attached hydrogens (tertiary/aromatic N) is 2. The fourth-order valence-corrected chi connectivity index (χ4v) is 2.76. The Kier molecular flexibility index (Phi) is 3.70. The summed E-state index contributed by atoms with van der Waals surface area (Å²) in [7, 11) is 0. The number of piperazine rings is 1. The van der Waals surface area contributed by atoms with E-state index in [1.807, 2.05) is 13.1 Å². The lowest BCUT2D eigenvalue weighted by Gasteiger charge is -2.40. The van der Waals surface area contributed by atoms with Gasteiger partial charge in [0.05, 0.1) is 11.9 Å². The van der Waals surface area contributed by atoms with E-state index < -0.39 is 0 Å². The van der Waals surface area contributed by atoms with Gasteiger partial charge in [-0.05, 0) is 31.5 Å². The van der Waals surface area contributed by atoms with Gasteiger partial charge in [0.1, 0.15) is 0 Å². The minimum Gasteiger partial charge on any atom is -0.364 e. The number of hydrogen-bond donors (Lipinski definition) is 1. The molecule has 1 aliphatic rings. The molecular weight excluding hydrogens is 246 g/mol. The average Bonchev–Trinajstić information content (AvgIpc) is 2.50. The Labute approximate surface area is 120 Å². The van der Waals surface area contributed by atoms with Crippen LogP contribution in [0.25, 0.3) is 0 Å². The fourth-order valence-electron chi connectivity index (χ4n) is 2.76. The van der Waals surface area contributed by atoms with Gasteiger partial charge in [-0.2, -0.15) is 0 Å². The van der Waals surface area contributed by atoms with Crippen LogP contribution in [0, 0.1) is 6.92 Å². The van der Waals surface area contributed by atoms with Crippen LogP contribution in [0.3, 0.4) is 0 Å². The van der Waals surface area contributed by atoms with Gasteiger partial charge in [-0.25, -0.2) is 0 Å². The lowest BCUT2D eigenvalue weighted by atomic mass is 10.0. The van der Waals surface area contributed by atoms with E-state index in [1.54, 1.807) is 0 Å². The van der Waals surface area contributed by atoms with Gasteiger partial charge in [-0.1, -0.05) is 30.3 Å². The maximum Gasteiger partial charge on any atom is 0.0556 e. The molecule has 1 saturated heterocycles. The summed E-state index contributed by atoms with van der Waals surface area (Å²) in [5, 5.41) is 3.63. The molecule has 0 saturated carbocycles. The molecule has 2 unspecified atom stereocenters. The van der Waals surface area contributed by atoms with Gasteiger partial charge in [0.15, 0.2) is 0 Å². The molecule has 3 heteroatoms. The van der Waals surface area contributed by atoms with E-state index in [0.29, 0.717) is 12.1 Å². The van der Waals surface area contributed by atoms with E-state index >= 15 is 0 Å². The van der Waals surface area contributed by atoms with Crippen molar-refractivity contribution in [2.24, 2.45) is 0 Å². The van der Waals surface area contributed by atoms with Gasteiger partial charge in [0.25, 0.3) is 0 Å². The second-order valence-corrected chi connectivity index (χ2v) is 5.53. The molecule has 1 aromatic heterocycles. The van der Waals surface area contributed by atoms with E-state index in [9.17, 15) is 0 Å². The Hall–Kier alpha value is -1.87. The Balaban J connectivity index is 1.82. The zero-order chi connectivity index (χ0) is 13.9. The largest absolute Gasteiger partial charge is 0.364 e. The SMILES string of the molecule is Cc1ccc(N2CC(c3ccccc3)NCC2C)cn1. The Morgan fingerprint density at radius 3 is 2.65 bits per heavy atom. The average molecular weight is 267 g/mol. The highest BCUT2D eigenvalue weighted by atomic mass is 15.2. The van der Waals surface area contributed by atoms with Crippen LogP contribution < -0.4 is 10.2 Å². The number of nitrogens with one attached hydrogen (secondary N) is 1. The topological polar surface area (TPSA) is 28.2 Å². The second-order valence-electron chi connectivity index (χ2n) is 5.53. The first-order valence-electron chi connectivity index (χ1n) is 7.21. The molecule has 3 rings (SSSR count). The standard InChI is InChI=1S/C17H21N3/c1-13-8-9-16(11-18-13)20-12-17(19-10-14(20)2)15-6-4-3-5-7-15/h3-9,11,14,17,19H,10,12H2,1-2H3. The maximum absolute atomic E-state index is 4.42. The summed E-state index contributed by atoms with van der Waals surface area (Å²) in [6.07, 6.45) is 1.99. The van der Waals surface area contributed by atoms with Crippen molar-refractivity contribution >= 4 is 5.69 Å². The van der Waals surface area contributed by atoms with E-state index in [-0.39, 0.29) is 0 Å². The van der Waals surface area contributed by atoms with Crippen molar-refractivity contribution in [2.45, 2.75) is 25.9 Å². The summed E-state index contributed by atoms with van der Waals surface area (Å²) in [5.41, 5.74) is 3.63. The maximum atomic E-state index is 4.42. The van der Waals surface area contributed by atoms with Crippen LogP contribution in [0.2, 0.25) is 0 Å². The zero-order valence-electron chi connectivity index (χ0n) is 12.1. The van der Waals surface area contributed by atoms with E-state index in [4.69, 9.17) is 0 Å². The summed E-state index contributed by atoms with van der Waals surface area (Å²) < 4.78 is 0. The number of pyridine rings is 1. The molecule has 20 heavy (non-hydrogen) atoms. The third-order valence-corrected chi connectivity index (χ3v) is 4.00. The van der Waals surface area contributed by atoms with Gasteiger partial charge in [0.2, 0.25) is 0 Å². The molecule has 1 fully saturated rings. The monoisotopic (exact) mass is 267 g/mol. The molecule has 0 radical (unpaired) electrons. The van der Waals surface area contributed by atoms with E-state index in [0.717, 1.165) is 18.8 Å². The van der Waals surface area contributed by atoms with Crippen molar-refractivity contribution in [3.63, 3.8) is 0 Å². The molecular formula is C17H21N3. The van der Waals surface area contributed by atoms with Crippen molar-refractivity contribution in [1.29, 1.82) is 0 Å². The molecule has 2 heterocycles. The summed E-state index contributed by atoms with van der Waals surface area (Å²) >= 11 is 0. The summed E-state index contributed by atoms with van der Waals surface area (Å²) in [4.78, 5) is 6.87. The van der Waals surface area contributed by atoms with Crippen molar-refractivity contribution < 1.29 is 0 Å². The van der Waals surface area contributed by atoms with Crippen LogP contribution in [-0.4, -0.2) is 24.1 Å². The summed E-state index contributed by atoms with van der Waals surface area (Å²) in [6, 6.07) is 15.8. The highest BCUT2D eigenvalue weighted by Gasteiger charge is 2.26. The van der Waals surface area contributed by atoms with Crippen LogP contribution in [0.15, 0.2) is 48.7 Å². The number of benzene rings is 1. The second kappa shape index (κ2) is 5.63. The Morgan fingerprint density at radius 1 is 1.15 bits per heavy atom. The lowest BCUT2D eigenvalue weighted by Crippen LogP contribution is -2.51. The number of rotatable bonds is 2. The molecule has 3 nitrogen and oxygen atoms in total. The van der Waals surface area contributed by atoms with Crippen molar-refractivity contribution in [3.05, 3.63) is 59.9 Å². The molecule has 1 aliphatic heterocycles. The molecule has 2 aromatic rings. The quantitative estimate of drug-likeness (QED) is 0.907. The first-order valence-corrected chi connectivity index (χ1v) is 7.21. The molecule has 1 aromatic carbocycles. The molecule has 0 spiro atoms. The highest BCUT2D eigenvalue weighted by molar-refractivity contribution is 5.47.